The number of rotatable bonds is 4. The van der Waals surface area contributed by atoms with Crippen LogP contribution < -0.4 is 10.1 Å². The smallest absolute Gasteiger partial charge is 0.257 e. The molecule has 0 saturated heterocycles. The van der Waals surface area contributed by atoms with Crippen molar-refractivity contribution in [1.82, 2.24) is 19.8 Å². The van der Waals surface area contributed by atoms with E-state index < -0.39 is 0 Å². The molecule has 2 heterocycles. The van der Waals surface area contributed by atoms with Gasteiger partial charge in [-0.1, -0.05) is 6.92 Å². The fourth-order valence-electron chi connectivity index (χ4n) is 4.00. The first-order chi connectivity index (χ1) is 15.8. The molecule has 3 rings (SSSR count). The molecule has 9 heteroatoms. The predicted octanol–water partition coefficient (Wildman–Crippen LogP) is 2.44. The van der Waals surface area contributed by atoms with Crippen molar-refractivity contribution in [3.05, 3.63) is 48.0 Å². The zero-order valence-electron chi connectivity index (χ0n) is 19.9. The van der Waals surface area contributed by atoms with Crippen LogP contribution in [0, 0.1) is 5.92 Å². The largest absolute Gasteiger partial charge is 0.491 e. The summed E-state index contributed by atoms with van der Waals surface area (Å²) in [5.74, 6) is 0.255. The maximum absolute atomic E-state index is 13.3. The van der Waals surface area contributed by atoms with Crippen LogP contribution in [0.4, 0.5) is 5.69 Å². The normalized spacial score (nSPS) is 22.5. The number of carbonyl (C=O) groups excluding carboxylic acids is 2. The van der Waals surface area contributed by atoms with E-state index in [0.29, 0.717) is 36.7 Å². The molecule has 2 amide bonds. The van der Waals surface area contributed by atoms with E-state index in [1.165, 1.54) is 13.3 Å². The van der Waals surface area contributed by atoms with Crippen molar-refractivity contribution >= 4 is 17.5 Å². The molecule has 0 spiro atoms. The average molecular weight is 456 g/mol. The van der Waals surface area contributed by atoms with Crippen molar-refractivity contribution in [2.24, 2.45) is 5.92 Å². The molecule has 1 aliphatic heterocycles. The Balaban J connectivity index is 1.94. The Bertz CT molecular complexity index is 955. The quantitative estimate of drug-likeness (QED) is 0.756. The van der Waals surface area contributed by atoms with E-state index in [1.54, 1.807) is 37.3 Å². The summed E-state index contributed by atoms with van der Waals surface area (Å²) in [4.78, 5) is 37.1. The number of nitrogens with zero attached hydrogens (tertiary/aromatic N) is 4. The lowest BCUT2D eigenvalue weighted by molar-refractivity contribution is -0.114. The molecular formula is C24H33N5O4. The highest BCUT2D eigenvalue weighted by Gasteiger charge is 2.28. The first kappa shape index (κ1) is 24.6. The predicted molar refractivity (Wildman–Crippen MR) is 125 cm³/mol. The van der Waals surface area contributed by atoms with Crippen LogP contribution >= 0.6 is 0 Å². The lowest BCUT2D eigenvalue weighted by atomic mass is 10.0. The third kappa shape index (κ3) is 6.49. The third-order valence-electron chi connectivity index (χ3n) is 5.89. The van der Waals surface area contributed by atoms with Crippen molar-refractivity contribution in [3.8, 4) is 5.75 Å². The van der Waals surface area contributed by atoms with Gasteiger partial charge in [-0.15, -0.1) is 0 Å². The summed E-state index contributed by atoms with van der Waals surface area (Å²) in [6.07, 6.45) is 5.01. The van der Waals surface area contributed by atoms with Gasteiger partial charge in [-0.3, -0.25) is 14.5 Å². The molecule has 0 bridgehead atoms. The maximum Gasteiger partial charge on any atom is 0.257 e. The van der Waals surface area contributed by atoms with E-state index in [1.807, 2.05) is 12.4 Å². The molecule has 33 heavy (non-hydrogen) atoms. The minimum absolute atomic E-state index is 0.0558. The molecule has 0 aliphatic carbocycles. The van der Waals surface area contributed by atoms with Gasteiger partial charge in [0.1, 0.15) is 18.7 Å². The van der Waals surface area contributed by atoms with E-state index in [2.05, 4.69) is 34.0 Å². The topological polar surface area (TPSA) is 96.9 Å². The minimum Gasteiger partial charge on any atom is -0.491 e. The molecule has 0 saturated carbocycles. The van der Waals surface area contributed by atoms with E-state index in [9.17, 15) is 9.59 Å². The Morgan fingerprint density at radius 3 is 2.64 bits per heavy atom. The lowest BCUT2D eigenvalue weighted by Gasteiger charge is -2.36. The van der Waals surface area contributed by atoms with Crippen molar-refractivity contribution in [2.75, 3.05) is 39.2 Å². The maximum atomic E-state index is 13.3. The molecule has 2 aromatic rings. The average Bonchev–Trinajstić information content (AvgIpc) is 2.80. The van der Waals surface area contributed by atoms with Gasteiger partial charge in [0.25, 0.3) is 5.91 Å². The number of aromatic nitrogens is 2. The fraction of sp³-hybridized carbons (Fsp3) is 0.500. The van der Waals surface area contributed by atoms with E-state index in [0.717, 1.165) is 12.1 Å². The number of carbonyl (C=O) groups is 2. The number of anilines is 1. The molecule has 1 aromatic heterocycles. The van der Waals surface area contributed by atoms with Gasteiger partial charge >= 0.3 is 0 Å². The van der Waals surface area contributed by atoms with Crippen molar-refractivity contribution in [3.63, 3.8) is 0 Å². The highest BCUT2D eigenvalue weighted by atomic mass is 16.5. The molecule has 0 radical (unpaired) electrons. The van der Waals surface area contributed by atoms with Crippen LogP contribution in [-0.4, -0.2) is 77.6 Å². The molecule has 0 unspecified atom stereocenters. The fourth-order valence-corrected chi connectivity index (χ4v) is 4.00. The van der Waals surface area contributed by atoms with Crippen LogP contribution in [0.3, 0.4) is 0 Å². The molecule has 9 nitrogen and oxygen atoms in total. The summed E-state index contributed by atoms with van der Waals surface area (Å²) in [6, 6.07) is 5.19. The first-order valence-electron chi connectivity index (χ1n) is 11.1. The second-order valence-electron chi connectivity index (χ2n) is 8.67. The van der Waals surface area contributed by atoms with Crippen LogP contribution in [0.25, 0.3) is 0 Å². The van der Waals surface area contributed by atoms with Gasteiger partial charge in [0.2, 0.25) is 5.91 Å². The van der Waals surface area contributed by atoms with Crippen LogP contribution in [0.2, 0.25) is 0 Å². The van der Waals surface area contributed by atoms with E-state index in [4.69, 9.17) is 9.47 Å². The van der Waals surface area contributed by atoms with Crippen LogP contribution in [-0.2, 0) is 16.1 Å². The Morgan fingerprint density at radius 2 is 1.97 bits per heavy atom. The summed E-state index contributed by atoms with van der Waals surface area (Å²) in [5.41, 5.74) is 1.97. The van der Waals surface area contributed by atoms with Crippen LogP contribution in [0.15, 0.2) is 36.9 Å². The van der Waals surface area contributed by atoms with Crippen molar-refractivity contribution in [1.29, 1.82) is 0 Å². The standard InChI is InChI=1S/C24H33N5O4/c1-16-11-29(12-19-9-25-15-26-10-19)17(2)14-33-22-7-6-20(27-18(3)30)8-21(22)24(31)28(4)13-23(16)32-5/h6-10,15-17,23H,11-14H2,1-5H3,(H,27,30)/t16-,17+,23+/m0/s1. The number of fused-ring (bicyclic) bond motifs is 1. The molecular weight excluding hydrogens is 422 g/mol. The molecule has 0 fully saturated rings. The number of nitrogens with one attached hydrogen (secondary N) is 1. The highest BCUT2D eigenvalue weighted by molar-refractivity contribution is 5.99. The van der Waals surface area contributed by atoms with E-state index in [-0.39, 0.29) is 29.9 Å². The van der Waals surface area contributed by atoms with Crippen molar-refractivity contribution < 1.29 is 19.1 Å². The lowest BCUT2D eigenvalue weighted by Crippen LogP contribution is -2.46. The molecule has 1 aliphatic rings. The number of hydrogen-bond acceptors (Lipinski definition) is 7. The van der Waals surface area contributed by atoms with Crippen LogP contribution in [0.5, 0.6) is 5.75 Å². The molecule has 3 atom stereocenters. The summed E-state index contributed by atoms with van der Waals surface area (Å²) in [7, 11) is 3.43. The number of likely N-dealkylation sites (N-methyl/N-ethyl adjacent to an activating group) is 1. The number of ether oxygens (including phenoxy) is 2. The highest BCUT2D eigenvalue weighted by Crippen LogP contribution is 2.26. The summed E-state index contributed by atoms with van der Waals surface area (Å²) >= 11 is 0. The number of amides is 2. The number of hydrogen-bond donors (Lipinski definition) is 1. The van der Waals surface area contributed by atoms with Gasteiger partial charge < -0.3 is 19.7 Å². The van der Waals surface area contributed by atoms with Crippen molar-refractivity contribution in [2.45, 2.75) is 39.5 Å². The number of methoxy groups -OCH3 is 1. The minimum atomic E-state index is -0.202. The Labute approximate surface area is 195 Å². The second-order valence-corrected chi connectivity index (χ2v) is 8.67. The summed E-state index contributed by atoms with van der Waals surface area (Å²) in [5, 5.41) is 2.74. The summed E-state index contributed by atoms with van der Waals surface area (Å²) in [6.45, 7) is 7.91. The van der Waals surface area contributed by atoms with Gasteiger partial charge in [0.05, 0.1) is 11.7 Å². The zero-order chi connectivity index (χ0) is 24.0. The monoisotopic (exact) mass is 455 g/mol. The summed E-state index contributed by atoms with van der Waals surface area (Å²) < 4.78 is 11.9. The molecule has 178 valence electrons. The van der Waals surface area contributed by atoms with Gasteiger partial charge in [0.15, 0.2) is 0 Å². The zero-order valence-corrected chi connectivity index (χ0v) is 19.9. The Morgan fingerprint density at radius 1 is 1.24 bits per heavy atom. The first-order valence-corrected chi connectivity index (χ1v) is 11.1. The van der Waals surface area contributed by atoms with Gasteiger partial charge in [-0.2, -0.15) is 0 Å². The Hall–Kier alpha value is -3.04. The third-order valence-corrected chi connectivity index (χ3v) is 5.89. The molecule has 1 aromatic carbocycles. The van der Waals surface area contributed by atoms with Gasteiger partial charge in [0, 0.05) is 70.4 Å². The SMILES string of the molecule is CO[C@@H]1CN(C)C(=O)c2cc(NC(C)=O)ccc2OC[C@@H](C)N(Cc2cncnc2)C[C@@H]1C. The van der Waals surface area contributed by atoms with E-state index >= 15 is 0 Å². The van der Waals surface area contributed by atoms with Crippen LogP contribution in [0.1, 0.15) is 36.7 Å². The van der Waals surface area contributed by atoms with Gasteiger partial charge in [-0.25, -0.2) is 9.97 Å². The Kier molecular flexibility index (Phi) is 8.35. The number of benzene rings is 1. The second kappa shape index (κ2) is 11.2. The van der Waals surface area contributed by atoms with Gasteiger partial charge in [-0.05, 0) is 31.0 Å². The molecule has 1 N–H and O–H groups in total.